The van der Waals surface area contributed by atoms with Gasteiger partial charge in [-0.3, -0.25) is 15.6 Å². The van der Waals surface area contributed by atoms with Crippen molar-refractivity contribution >= 4 is 28.8 Å². The second-order valence-electron chi connectivity index (χ2n) is 3.91. The van der Waals surface area contributed by atoms with Crippen LogP contribution in [-0.2, 0) is 4.79 Å². The van der Waals surface area contributed by atoms with Crippen molar-refractivity contribution in [2.75, 3.05) is 17.9 Å². The molecule has 0 saturated carbocycles. The Balaban J connectivity index is 3.00. The smallest absolute Gasteiger partial charge is 0.224 e. The summed E-state index contributed by atoms with van der Waals surface area (Å²) in [4.78, 5) is 11.5. The molecule has 0 atom stereocenters. The highest BCUT2D eigenvalue weighted by atomic mass is 16.5. The third-order valence-electron chi connectivity index (χ3n) is 2.45. The fraction of sp³-hybridized carbons (Fsp3) is 0.231. The number of nitrogens with one attached hydrogen (secondary N) is 3. The number of amidine groups is 1. The highest BCUT2D eigenvalue weighted by Gasteiger charge is 2.08. The van der Waals surface area contributed by atoms with Gasteiger partial charge in [-0.25, -0.2) is 0 Å². The molecular weight excluding hydrogens is 272 g/mol. The van der Waals surface area contributed by atoms with E-state index in [1.165, 1.54) is 7.11 Å². The van der Waals surface area contributed by atoms with Crippen LogP contribution < -0.4 is 21.2 Å². The van der Waals surface area contributed by atoms with Crippen LogP contribution >= 0.6 is 0 Å². The molecule has 0 radical (unpaired) electrons. The van der Waals surface area contributed by atoms with Crippen molar-refractivity contribution in [3.05, 3.63) is 18.2 Å². The number of ether oxygens (including phenoxy) is 1. The van der Waals surface area contributed by atoms with E-state index in [0.29, 0.717) is 23.5 Å². The Bertz CT molecular complexity index is 618. The van der Waals surface area contributed by atoms with E-state index in [-0.39, 0.29) is 11.6 Å². The van der Waals surface area contributed by atoms with E-state index in [9.17, 15) is 4.79 Å². The van der Waals surface area contributed by atoms with Crippen molar-refractivity contribution in [1.29, 1.82) is 10.7 Å². The first-order valence-electron chi connectivity index (χ1n) is 6.07. The van der Waals surface area contributed by atoms with Gasteiger partial charge in [0.2, 0.25) is 11.6 Å². The predicted molar refractivity (Wildman–Crippen MR) is 80.5 cm³/mol. The lowest BCUT2D eigenvalue weighted by Gasteiger charge is -2.11. The Morgan fingerprint density at radius 1 is 1.57 bits per heavy atom. The number of hydrogen-bond acceptors (Lipinski definition) is 6. The largest absolute Gasteiger partial charge is 0.495 e. The topological polar surface area (TPSA) is 136 Å². The molecule has 0 aliphatic rings. The molecule has 110 valence electrons. The number of amides is 1. The standard InChI is InChI=1S/C13H16N6O2/c1-3-12(20)17-9-6-8(4-5-11(9)21-2)18-19-10(7-14)13(15)16/h4-6,18H,3H2,1-2H3,(H3,15,16)(H,17,20)/b19-10+. The number of nitriles is 1. The van der Waals surface area contributed by atoms with Gasteiger partial charge in [-0.05, 0) is 18.2 Å². The Morgan fingerprint density at radius 2 is 2.29 bits per heavy atom. The van der Waals surface area contributed by atoms with Gasteiger partial charge < -0.3 is 15.8 Å². The minimum atomic E-state index is -0.432. The molecule has 1 aromatic rings. The van der Waals surface area contributed by atoms with Crippen LogP contribution in [0.1, 0.15) is 13.3 Å². The second kappa shape index (κ2) is 7.49. The summed E-state index contributed by atoms with van der Waals surface area (Å²) in [5.74, 6) is -0.0909. The first kappa shape index (κ1) is 16.0. The molecule has 8 heteroatoms. The van der Waals surface area contributed by atoms with E-state index in [1.54, 1.807) is 31.2 Å². The lowest BCUT2D eigenvalue weighted by molar-refractivity contribution is -0.115. The molecule has 0 aromatic heterocycles. The van der Waals surface area contributed by atoms with Gasteiger partial charge in [0.15, 0.2) is 5.84 Å². The van der Waals surface area contributed by atoms with Crippen molar-refractivity contribution < 1.29 is 9.53 Å². The Morgan fingerprint density at radius 3 is 2.81 bits per heavy atom. The summed E-state index contributed by atoms with van der Waals surface area (Å²) in [6.07, 6.45) is 0.335. The zero-order valence-electron chi connectivity index (χ0n) is 11.7. The van der Waals surface area contributed by atoms with Crippen LogP contribution in [0.5, 0.6) is 5.75 Å². The lowest BCUT2D eigenvalue weighted by atomic mass is 10.2. The molecular formula is C13H16N6O2. The third-order valence-corrected chi connectivity index (χ3v) is 2.45. The first-order valence-corrected chi connectivity index (χ1v) is 6.07. The number of carbonyl (C=O) groups is 1. The molecule has 0 spiro atoms. The van der Waals surface area contributed by atoms with E-state index in [4.69, 9.17) is 21.1 Å². The quantitative estimate of drug-likeness (QED) is 0.355. The monoisotopic (exact) mass is 288 g/mol. The van der Waals surface area contributed by atoms with E-state index in [0.717, 1.165) is 0 Å². The van der Waals surface area contributed by atoms with Gasteiger partial charge in [-0.1, -0.05) is 6.92 Å². The van der Waals surface area contributed by atoms with Crippen LogP contribution in [0.25, 0.3) is 0 Å². The number of carbonyl (C=O) groups excluding carboxylic acids is 1. The summed E-state index contributed by atoms with van der Waals surface area (Å²) < 4.78 is 5.15. The number of hydrogen-bond donors (Lipinski definition) is 4. The van der Waals surface area contributed by atoms with Crippen LogP contribution in [-0.4, -0.2) is 24.6 Å². The zero-order chi connectivity index (χ0) is 15.8. The summed E-state index contributed by atoms with van der Waals surface area (Å²) in [5, 5.41) is 22.3. The minimum absolute atomic E-state index is 0.157. The molecule has 0 fully saturated rings. The molecule has 1 rings (SSSR count). The number of nitrogens with two attached hydrogens (primary N) is 1. The van der Waals surface area contributed by atoms with Crippen LogP contribution in [0.2, 0.25) is 0 Å². The molecule has 0 bridgehead atoms. The molecule has 0 unspecified atom stereocenters. The maximum Gasteiger partial charge on any atom is 0.224 e. The van der Waals surface area contributed by atoms with Crippen molar-refractivity contribution in [2.45, 2.75) is 13.3 Å². The number of methoxy groups -OCH3 is 1. The summed E-state index contributed by atoms with van der Waals surface area (Å²) in [5.41, 5.74) is 8.54. The fourth-order valence-corrected chi connectivity index (χ4v) is 1.38. The highest BCUT2D eigenvalue weighted by molar-refractivity contribution is 6.45. The van der Waals surface area contributed by atoms with Gasteiger partial charge in [0.05, 0.1) is 18.5 Å². The second-order valence-corrected chi connectivity index (χ2v) is 3.91. The van der Waals surface area contributed by atoms with Gasteiger partial charge in [-0.2, -0.15) is 10.4 Å². The molecule has 0 aliphatic carbocycles. The summed E-state index contributed by atoms with van der Waals surface area (Å²) in [6.45, 7) is 1.74. The van der Waals surface area contributed by atoms with Crippen LogP contribution in [0.3, 0.4) is 0 Å². The average molecular weight is 288 g/mol. The normalized spacial score (nSPS) is 10.4. The molecule has 0 saturated heterocycles. The Kier molecular flexibility index (Phi) is 5.70. The molecule has 1 aromatic carbocycles. The number of hydrazone groups is 1. The fourth-order valence-electron chi connectivity index (χ4n) is 1.38. The molecule has 0 aliphatic heterocycles. The summed E-state index contributed by atoms with van der Waals surface area (Å²) in [6, 6.07) is 6.59. The van der Waals surface area contributed by atoms with Crippen molar-refractivity contribution in [1.82, 2.24) is 0 Å². The van der Waals surface area contributed by atoms with E-state index < -0.39 is 5.84 Å². The summed E-state index contributed by atoms with van der Waals surface area (Å²) in [7, 11) is 1.49. The number of rotatable bonds is 6. The highest BCUT2D eigenvalue weighted by Crippen LogP contribution is 2.28. The summed E-state index contributed by atoms with van der Waals surface area (Å²) >= 11 is 0. The van der Waals surface area contributed by atoms with Gasteiger partial charge in [0.1, 0.15) is 11.8 Å². The number of anilines is 2. The van der Waals surface area contributed by atoms with Gasteiger partial charge in [-0.15, -0.1) is 0 Å². The third kappa shape index (κ3) is 4.50. The van der Waals surface area contributed by atoms with Crippen LogP contribution in [0.15, 0.2) is 23.3 Å². The zero-order valence-corrected chi connectivity index (χ0v) is 11.7. The lowest BCUT2D eigenvalue weighted by Crippen LogP contribution is -2.21. The van der Waals surface area contributed by atoms with Crippen molar-refractivity contribution in [3.8, 4) is 11.8 Å². The van der Waals surface area contributed by atoms with Gasteiger partial charge in [0.25, 0.3) is 0 Å². The maximum absolute atomic E-state index is 11.5. The SMILES string of the molecule is CCC(=O)Nc1cc(N/N=C(\C#N)C(=N)N)ccc1OC. The van der Waals surface area contributed by atoms with Crippen LogP contribution in [0.4, 0.5) is 11.4 Å². The maximum atomic E-state index is 11.5. The van der Waals surface area contributed by atoms with E-state index in [2.05, 4.69) is 15.8 Å². The van der Waals surface area contributed by atoms with Gasteiger partial charge >= 0.3 is 0 Å². The van der Waals surface area contributed by atoms with Crippen molar-refractivity contribution in [2.24, 2.45) is 10.8 Å². The van der Waals surface area contributed by atoms with Crippen LogP contribution in [0, 0.1) is 16.7 Å². The van der Waals surface area contributed by atoms with E-state index >= 15 is 0 Å². The molecule has 21 heavy (non-hydrogen) atoms. The average Bonchev–Trinajstić information content (AvgIpc) is 2.47. The number of nitrogens with zero attached hydrogens (tertiary/aromatic N) is 2. The minimum Gasteiger partial charge on any atom is -0.495 e. The van der Waals surface area contributed by atoms with Gasteiger partial charge in [0, 0.05) is 6.42 Å². The predicted octanol–water partition coefficient (Wildman–Crippen LogP) is 1.27. The first-order chi connectivity index (χ1) is 10.0. The molecule has 1 amide bonds. The Labute approximate surface area is 122 Å². The number of benzene rings is 1. The molecule has 5 N–H and O–H groups in total. The Hall–Kier alpha value is -3.08. The van der Waals surface area contributed by atoms with E-state index in [1.807, 2.05) is 0 Å². The molecule has 8 nitrogen and oxygen atoms in total. The molecule has 0 heterocycles. The van der Waals surface area contributed by atoms with Crippen molar-refractivity contribution in [3.63, 3.8) is 0 Å².